The van der Waals surface area contributed by atoms with Gasteiger partial charge in [0.2, 0.25) is 0 Å². The van der Waals surface area contributed by atoms with Crippen LogP contribution in [0.5, 0.6) is 0 Å². The van der Waals surface area contributed by atoms with Crippen LogP contribution in [0.2, 0.25) is 0 Å². The minimum absolute atomic E-state index is 0.248. The maximum Gasteiger partial charge on any atom is 0.410 e. The summed E-state index contributed by atoms with van der Waals surface area (Å²) in [5, 5.41) is 0. The molecule has 0 saturated carbocycles. The Bertz CT molecular complexity index is 641. The van der Waals surface area contributed by atoms with Gasteiger partial charge >= 0.3 is 6.09 Å². The third-order valence-corrected chi connectivity index (χ3v) is 4.29. The van der Waals surface area contributed by atoms with Gasteiger partial charge in [0.15, 0.2) is 0 Å². The zero-order valence-corrected chi connectivity index (χ0v) is 14.3. The minimum atomic E-state index is -0.248. The van der Waals surface area contributed by atoms with Crippen LogP contribution in [0, 0.1) is 0 Å². The predicted molar refractivity (Wildman–Crippen MR) is 92.4 cm³/mol. The smallest absolute Gasteiger partial charge is 0.410 e. The number of halogens is 1. The molecule has 1 saturated heterocycles. The topological polar surface area (TPSA) is 45.7 Å². The van der Waals surface area contributed by atoms with Gasteiger partial charge in [-0.2, -0.15) is 0 Å². The number of hydrogen-bond donors (Lipinski definition) is 0. The average molecular weight is 376 g/mol. The largest absolute Gasteiger partial charge is 0.445 e. The maximum absolute atomic E-state index is 12.1. The summed E-state index contributed by atoms with van der Waals surface area (Å²) in [6.45, 7) is 3.19. The molecule has 5 nitrogen and oxygen atoms in total. The summed E-state index contributed by atoms with van der Waals surface area (Å²) in [5.74, 6) is 0. The zero-order chi connectivity index (χ0) is 16.1. The van der Waals surface area contributed by atoms with Gasteiger partial charge in [0.25, 0.3) is 0 Å². The Labute approximate surface area is 144 Å². The number of carbonyl (C=O) groups is 1. The molecule has 6 heteroatoms. The van der Waals surface area contributed by atoms with Crippen molar-refractivity contribution in [2.24, 2.45) is 0 Å². The van der Waals surface area contributed by atoms with E-state index in [1.807, 2.05) is 48.7 Å². The summed E-state index contributed by atoms with van der Waals surface area (Å²) in [7, 11) is 0. The Balaban J connectivity index is 1.48. The molecule has 0 spiro atoms. The van der Waals surface area contributed by atoms with Crippen molar-refractivity contribution in [2.75, 3.05) is 31.1 Å². The van der Waals surface area contributed by atoms with Gasteiger partial charge in [0, 0.05) is 26.2 Å². The fraction of sp³-hybridized carbons (Fsp3) is 0.294. The first-order chi connectivity index (χ1) is 11.2. The molecule has 0 aliphatic carbocycles. The second kappa shape index (κ2) is 7.46. The lowest BCUT2D eigenvalue weighted by Gasteiger charge is -2.35. The summed E-state index contributed by atoms with van der Waals surface area (Å²) in [6, 6.07) is 13.7. The molecule has 2 aromatic rings. The van der Waals surface area contributed by atoms with Gasteiger partial charge in [0.05, 0.1) is 11.9 Å². The van der Waals surface area contributed by atoms with Gasteiger partial charge in [-0.25, -0.2) is 9.78 Å². The van der Waals surface area contributed by atoms with Crippen molar-refractivity contribution >= 4 is 27.7 Å². The highest BCUT2D eigenvalue weighted by Crippen LogP contribution is 2.17. The fourth-order valence-corrected chi connectivity index (χ4v) is 2.75. The molecular weight excluding hydrogens is 358 g/mol. The Hall–Kier alpha value is -2.08. The summed E-state index contributed by atoms with van der Waals surface area (Å²) < 4.78 is 6.20. The van der Waals surface area contributed by atoms with Gasteiger partial charge in [-0.05, 0) is 33.6 Å². The Morgan fingerprint density at radius 2 is 1.83 bits per heavy atom. The standard InChI is InChI=1S/C17H18BrN3O2/c18-16-7-6-15(12-19-16)20-8-10-21(11-9-20)17(22)23-13-14-4-2-1-3-5-14/h1-7,12H,8-11,13H2. The molecule has 0 unspecified atom stereocenters. The number of piperazine rings is 1. The molecule has 2 heterocycles. The van der Waals surface area contributed by atoms with Crippen LogP contribution in [-0.2, 0) is 11.3 Å². The molecule has 1 aromatic heterocycles. The molecule has 3 rings (SSSR count). The van der Waals surface area contributed by atoms with Crippen molar-refractivity contribution < 1.29 is 9.53 Å². The van der Waals surface area contributed by atoms with Crippen molar-refractivity contribution in [3.05, 3.63) is 58.8 Å². The summed E-state index contributed by atoms with van der Waals surface area (Å²) in [4.78, 5) is 20.3. The molecule has 120 valence electrons. The third-order valence-electron chi connectivity index (χ3n) is 3.82. The average Bonchev–Trinajstić information content (AvgIpc) is 2.61. The maximum atomic E-state index is 12.1. The lowest BCUT2D eigenvalue weighted by Crippen LogP contribution is -2.49. The zero-order valence-electron chi connectivity index (χ0n) is 12.7. The van der Waals surface area contributed by atoms with E-state index in [0.717, 1.165) is 28.9 Å². The Kier molecular flexibility index (Phi) is 5.12. The highest BCUT2D eigenvalue weighted by molar-refractivity contribution is 9.10. The summed E-state index contributed by atoms with van der Waals surface area (Å²) in [6.07, 6.45) is 1.59. The molecule has 0 N–H and O–H groups in total. The van der Waals surface area contributed by atoms with E-state index in [1.165, 1.54) is 0 Å². The van der Waals surface area contributed by atoms with E-state index in [9.17, 15) is 4.79 Å². The third kappa shape index (κ3) is 4.22. The first-order valence-corrected chi connectivity index (χ1v) is 8.34. The van der Waals surface area contributed by atoms with Gasteiger partial charge in [0.1, 0.15) is 11.2 Å². The highest BCUT2D eigenvalue weighted by Gasteiger charge is 2.22. The van der Waals surface area contributed by atoms with Crippen LogP contribution in [0.25, 0.3) is 0 Å². The molecule has 1 aromatic carbocycles. The first-order valence-electron chi connectivity index (χ1n) is 7.54. The number of anilines is 1. The van der Waals surface area contributed by atoms with Crippen LogP contribution >= 0.6 is 15.9 Å². The Morgan fingerprint density at radius 1 is 1.09 bits per heavy atom. The first kappa shape index (κ1) is 15.8. The molecule has 1 fully saturated rings. The number of benzene rings is 1. The van der Waals surface area contributed by atoms with Gasteiger partial charge in [-0.15, -0.1) is 0 Å². The minimum Gasteiger partial charge on any atom is -0.445 e. The molecule has 0 radical (unpaired) electrons. The van der Waals surface area contributed by atoms with Crippen molar-refractivity contribution in [3.8, 4) is 0 Å². The van der Waals surface area contributed by atoms with Crippen molar-refractivity contribution in [1.29, 1.82) is 0 Å². The molecule has 1 aliphatic rings. The van der Waals surface area contributed by atoms with E-state index in [0.29, 0.717) is 19.7 Å². The molecule has 0 atom stereocenters. The lowest BCUT2D eigenvalue weighted by molar-refractivity contribution is 0.0942. The summed E-state index contributed by atoms with van der Waals surface area (Å²) >= 11 is 3.34. The number of hydrogen-bond acceptors (Lipinski definition) is 4. The van der Waals surface area contributed by atoms with Crippen LogP contribution in [0.4, 0.5) is 10.5 Å². The van der Waals surface area contributed by atoms with Crippen molar-refractivity contribution in [3.63, 3.8) is 0 Å². The van der Waals surface area contributed by atoms with Crippen LogP contribution in [0.3, 0.4) is 0 Å². The number of rotatable bonds is 3. The monoisotopic (exact) mass is 375 g/mol. The molecule has 1 aliphatic heterocycles. The SMILES string of the molecule is O=C(OCc1ccccc1)N1CCN(c2ccc(Br)nc2)CC1. The van der Waals surface area contributed by atoms with Crippen LogP contribution in [-0.4, -0.2) is 42.2 Å². The number of carbonyl (C=O) groups excluding carboxylic acids is 1. The predicted octanol–water partition coefficient (Wildman–Crippen LogP) is 3.30. The van der Waals surface area contributed by atoms with E-state index < -0.39 is 0 Å². The second-order valence-corrected chi connectivity index (χ2v) is 6.17. The number of amides is 1. The van der Waals surface area contributed by atoms with Crippen LogP contribution in [0.1, 0.15) is 5.56 Å². The quantitative estimate of drug-likeness (QED) is 0.772. The van der Waals surface area contributed by atoms with Crippen molar-refractivity contribution in [1.82, 2.24) is 9.88 Å². The number of pyridine rings is 1. The van der Waals surface area contributed by atoms with Gasteiger partial charge in [-0.1, -0.05) is 30.3 Å². The second-order valence-electron chi connectivity index (χ2n) is 5.35. The van der Waals surface area contributed by atoms with E-state index in [2.05, 4.69) is 25.8 Å². The van der Waals surface area contributed by atoms with Gasteiger partial charge < -0.3 is 14.5 Å². The van der Waals surface area contributed by atoms with E-state index in [4.69, 9.17) is 4.74 Å². The fourth-order valence-electron chi connectivity index (χ4n) is 2.51. The van der Waals surface area contributed by atoms with E-state index in [-0.39, 0.29) is 6.09 Å². The van der Waals surface area contributed by atoms with E-state index >= 15 is 0 Å². The molecule has 23 heavy (non-hydrogen) atoms. The normalized spacial score (nSPS) is 14.7. The molecule has 1 amide bonds. The molecule has 0 bridgehead atoms. The van der Waals surface area contributed by atoms with E-state index in [1.54, 1.807) is 4.90 Å². The highest BCUT2D eigenvalue weighted by atomic mass is 79.9. The lowest BCUT2D eigenvalue weighted by atomic mass is 10.2. The number of nitrogens with zero attached hydrogens (tertiary/aromatic N) is 3. The number of ether oxygens (including phenoxy) is 1. The molecular formula is C17H18BrN3O2. The summed E-state index contributed by atoms with van der Waals surface area (Å²) in [5.41, 5.74) is 2.07. The van der Waals surface area contributed by atoms with Crippen LogP contribution in [0.15, 0.2) is 53.3 Å². The van der Waals surface area contributed by atoms with Crippen LogP contribution < -0.4 is 4.90 Å². The Morgan fingerprint density at radius 3 is 2.48 bits per heavy atom. The van der Waals surface area contributed by atoms with Gasteiger partial charge in [-0.3, -0.25) is 0 Å². The van der Waals surface area contributed by atoms with Crippen molar-refractivity contribution in [2.45, 2.75) is 6.61 Å². The number of aromatic nitrogens is 1.